The summed E-state index contributed by atoms with van der Waals surface area (Å²) in [4.78, 5) is 87.3. The third-order valence-corrected chi connectivity index (χ3v) is 20.8. The number of benzene rings is 5. The number of likely N-dealkylation sites (N-methyl/N-ethyl adjacent to an activating group) is 1. The van der Waals surface area contributed by atoms with E-state index in [-0.39, 0.29) is 58.0 Å². The molecule has 3 saturated heterocycles. The van der Waals surface area contributed by atoms with Crippen molar-refractivity contribution in [3.8, 4) is 0 Å². The Balaban J connectivity index is 0.778. The number of alkyl halides is 3. The van der Waals surface area contributed by atoms with Crippen LogP contribution in [-0.4, -0.2) is 187 Å². The van der Waals surface area contributed by atoms with Crippen LogP contribution in [0.25, 0.3) is 5.57 Å². The normalized spacial score (nSPS) is 17.0. The number of sulfone groups is 1. The van der Waals surface area contributed by atoms with Crippen molar-refractivity contribution >= 4 is 91.9 Å². The number of amides is 3. The maximum atomic E-state index is 14.4. The number of carbonyl (C=O) groups is 6. The predicted octanol–water partition coefficient (Wildman–Crippen LogP) is 10.4. The number of carbonyl (C=O) groups excluding carboxylic acids is 6. The van der Waals surface area contributed by atoms with E-state index >= 15 is 0 Å². The van der Waals surface area contributed by atoms with Gasteiger partial charge in [-0.15, -0.1) is 11.8 Å². The molecule has 91 heavy (non-hydrogen) atoms. The van der Waals surface area contributed by atoms with Crippen molar-refractivity contribution in [2.45, 2.75) is 91.6 Å². The predicted molar refractivity (Wildman–Crippen MR) is 350 cm³/mol. The van der Waals surface area contributed by atoms with Crippen molar-refractivity contribution in [1.29, 1.82) is 0 Å². The molecular formula is C68H80ClF3N8O9S2. The van der Waals surface area contributed by atoms with E-state index in [1.54, 1.807) is 30.3 Å². The Kier molecular flexibility index (Phi) is 23.6. The number of hydrogen-bond acceptors (Lipinski definition) is 15. The van der Waals surface area contributed by atoms with Crippen LogP contribution in [0.2, 0.25) is 5.02 Å². The maximum Gasteiger partial charge on any atom is 0.501 e. The third-order valence-electron chi connectivity index (χ3n) is 17.8. The first-order valence-corrected chi connectivity index (χ1v) is 33.9. The van der Waals surface area contributed by atoms with Gasteiger partial charge >= 0.3 is 5.51 Å². The van der Waals surface area contributed by atoms with Gasteiger partial charge in [0.1, 0.15) is 6.29 Å². The Hall–Kier alpha value is -7.08. The van der Waals surface area contributed by atoms with Gasteiger partial charge in [0.25, 0.3) is 15.7 Å². The van der Waals surface area contributed by atoms with Crippen LogP contribution in [-0.2, 0) is 29.0 Å². The molecular weight excluding hydrogens is 1230 g/mol. The topological polar surface area (TPSA) is 198 Å². The Morgan fingerprint density at radius 1 is 0.802 bits per heavy atom. The van der Waals surface area contributed by atoms with Gasteiger partial charge in [-0.25, -0.2) is 8.42 Å². The Bertz CT molecular complexity index is 3510. The minimum atomic E-state index is -5.88. The number of anilines is 3. The fourth-order valence-electron chi connectivity index (χ4n) is 12.5. The molecule has 3 fully saturated rings. The van der Waals surface area contributed by atoms with Crippen molar-refractivity contribution in [2.75, 3.05) is 121 Å². The second-order valence-corrected chi connectivity index (χ2v) is 27.4. The Morgan fingerprint density at radius 2 is 1.52 bits per heavy atom. The number of halogens is 4. The fourth-order valence-corrected chi connectivity index (χ4v) is 14.6. The highest BCUT2D eigenvalue weighted by molar-refractivity contribution is 7.99. The molecule has 0 aromatic heterocycles. The summed E-state index contributed by atoms with van der Waals surface area (Å²) in [6, 6.07) is 31.6. The van der Waals surface area contributed by atoms with Gasteiger partial charge in [-0.05, 0) is 129 Å². The summed E-state index contributed by atoms with van der Waals surface area (Å²) in [7, 11) is -2.91. The molecule has 9 rings (SSSR count). The number of likely N-dealkylation sites (tertiary alicyclic amines) is 1. The lowest BCUT2D eigenvalue weighted by atomic mass is 9.65. The smallest absolute Gasteiger partial charge is 0.384 e. The van der Waals surface area contributed by atoms with Crippen LogP contribution in [0.4, 0.5) is 30.2 Å². The molecule has 3 N–H and O–H groups in total. The van der Waals surface area contributed by atoms with E-state index in [2.05, 4.69) is 42.8 Å². The highest BCUT2D eigenvalue weighted by atomic mass is 35.5. The average Bonchev–Trinajstić information content (AvgIpc) is 0.842. The van der Waals surface area contributed by atoms with Crippen LogP contribution in [0.5, 0.6) is 0 Å². The summed E-state index contributed by atoms with van der Waals surface area (Å²) in [5, 5.41) is 9.60. The largest absolute Gasteiger partial charge is 0.501 e. The number of morpholine rings is 1. The lowest BCUT2D eigenvalue weighted by molar-refractivity contribution is -0.144. The second-order valence-electron chi connectivity index (χ2n) is 24.0. The van der Waals surface area contributed by atoms with Gasteiger partial charge in [-0.2, -0.15) is 13.2 Å². The van der Waals surface area contributed by atoms with E-state index in [0.29, 0.717) is 120 Å². The number of aldehydes is 2. The van der Waals surface area contributed by atoms with Crippen LogP contribution in [0, 0.1) is 5.41 Å². The molecule has 2 unspecified atom stereocenters. The first kappa shape index (κ1) is 68.3. The van der Waals surface area contributed by atoms with Crippen molar-refractivity contribution < 1.29 is 55.1 Å². The molecule has 23 heteroatoms. The molecule has 17 nitrogen and oxygen atoms in total. The van der Waals surface area contributed by atoms with Crippen LogP contribution in [0.3, 0.4) is 0 Å². The lowest BCUT2D eigenvalue weighted by Crippen LogP contribution is -2.59. The van der Waals surface area contributed by atoms with E-state index in [1.165, 1.54) is 54.0 Å². The van der Waals surface area contributed by atoms with E-state index in [9.17, 15) is 50.4 Å². The van der Waals surface area contributed by atoms with E-state index in [0.717, 1.165) is 67.5 Å². The summed E-state index contributed by atoms with van der Waals surface area (Å²) in [6.07, 6.45) is 7.18. The van der Waals surface area contributed by atoms with Gasteiger partial charge in [0.2, 0.25) is 11.8 Å². The highest BCUT2D eigenvalue weighted by Crippen LogP contribution is 2.49. The standard InChI is InChI=1S/C68H80ClF3N8O9S2/c1-73-62(83)26-24-56(44-82)76(2)66(86)64-51(43-81)10-9-13-60(64)74-30-8-4-7-14-63(84)80-46-67(47-80)29-27-58(48-15-20-53(69)21-16-48)52(41-67)42-78-32-34-79(35-33-78)55-22-17-49(18-23-55)65(85)50-19-25-59(61(40-50)91(87,88)68(70,71)72)75-54(28-31-77-36-38-89-39-37-77)45-90-57-11-5-3-6-12-57/h3,5-6,9-13,15-23,25,40,43-44,54,56,74-75H,4,7-8,14,24,26-39,41-42,45-47H2,1-2H3,(H,73,83). The van der Waals surface area contributed by atoms with Crippen molar-refractivity contribution in [2.24, 2.45) is 5.41 Å². The molecule has 3 heterocycles. The zero-order chi connectivity index (χ0) is 64.7. The summed E-state index contributed by atoms with van der Waals surface area (Å²) >= 11 is 7.86. The minimum Gasteiger partial charge on any atom is -0.384 e. The summed E-state index contributed by atoms with van der Waals surface area (Å²) in [6.45, 7) is 8.73. The number of ketones is 1. The van der Waals surface area contributed by atoms with E-state index in [1.807, 2.05) is 59.5 Å². The number of nitrogens with one attached hydrogen (secondary N) is 3. The maximum absolute atomic E-state index is 14.4. The molecule has 4 aliphatic rings. The van der Waals surface area contributed by atoms with Gasteiger partial charge in [0, 0.05) is 154 Å². The second kappa shape index (κ2) is 31.5. The molecule has 0 bridgehead atoms. The SMILES string of the molecule is CNC(=O)CCC(C=O)N(C)C(=O)c1c(C=O)cccc1NCCCCCC(=O)N1CC2(CCC(c3ccc(Cl)cc3)=C(CN3CCN(c4ccc(C(=O)c5ccc(NC(CCN6CCOCC6)CSc6ccccc6)c(S(=O)(=O)C(F)(F)F)c5)cc4)CC3)C2)C1. The molecule has 3 amide bonds. The van der Waals surface area contributed by atoms with Crippen molar-refractivity contribution in [3.05, 3.63) is 154 Å². The van der Waals surface area contributed by atoms with Gasteiger partial charge in [0.15, 0.2) is 12.1 Å². The molecule has 0 radical (unpaired) electrons. The zero-order valence-corrected chi connectivity index (χ0v) is 53.9. The van der Waals surface area contributed by atoms with E-state index in [4.69, 9.17) is 16.3 Å². The Morgan fingerprint density at radius 3 is 2.20 bits per heavy atom. The third kappa shape index (κ3) is 17.5. The van der Waals surface area contributed by atoms with Gasteiger partial charge in [-0.1, -0.05) is 66.1 Å². The van der Waals surface area contributed by atoms with Crippen molar-refractivity contribution in [3.63, 3.8) is 0 Å². The van der Waals surface area contributed by atoms with Gasteiger partial charge in [0.05, 0.1) is 35.4 Å². The highest BCUT2D eigenvalue weighted by Gasteiger charge is 2.49. The van der Waals surface area contributed by atoms with Crippen LogP contribution in [0.1, 0.15) is 106 Å². The van der Waals surface area contributed by atoms with Crippen molar-refractivity contribution in [1.82, 2.24) is 24.9 Å². The number of allylic oxidation sites excluding steroid dienone is 1. The van der Waals surface area contributed by atoms with Crippen LogP contribution in [0.15, 0.2) is 131 Å². The molecule has 2 atom stereocenters. The quantitative estimate of drug-likeness (QED) is 0.0177. The summed E-state index contributed by atoms with van der Waals surface area (Å²) < 4.78 is 75.2. The molecule has 3 aliphatic heterocycles. The first-order valence-electron chi connectivity index (χ1n) is 31.1. The number of ether oxygens (including phenoxy) is 1. The number of nitrogens with zero attached hydrogens (tertiary/aromatic N) is 5. The molecule has 1 spiro atoms. The molecule has 486 valence electrons. The molecule has 5 aromatic carbocycles. The molecule has 5 aromatic rings. The summed E-state index contributed by atoms with van der Waals surface area (Å²) in [5.74, 6) is -0.810. The number of thioether (sulfide) groups is 1. The monoisotopic (exact) mass is 1310 g/mol. The first-order chi connectivity index (χ1) is 43.8. The van der Waals surface area contributed by atoms with Crippen LogP contribution >= 0.6 is 23.4 Å². The number of rotatable bonds is 29. The minimum absolute atomic E-state index is 0.0256. The van der Waals surface area contributed by atoms with Gasteiger partial charge in [-0.3, -0.25) is 33.8 Å². The fraction of sp³-hybridized carbons (Fsp3) is 0.441. The summed E-state index contributed by atoms with van der Waals surface area (Å²) in [5.41, 5.74) is -0.378. The Labute approximate surface area is 540 Å². The molecule has 1 aliphatic carbocycles. The zero-order valence-electron chi connectivity index (χ0n) is 51.5. The van der Waals surface area contributed by atoms with E-state index < -0.39 is 44.0 Å². The van der Waals surface area contributed by atoms with Crippen LogP contribution < -0.4 is 20.9 Å². The number of hydrogen-bond donors (Lipinski definition) is 3. The average molecular weight is 1310 g/mol. The number of unbranched alkanes of at least 4 members (excludes halogenated alkanes) is 2. The van der Waals surface area contributed by atoms with Gasteiger partial charge < -0.3 is 40.2 Å². The lowest BCUT2D eigenvalue weighted by Gasteiger charge is -2.53. The molecule has 0 saturated carbocycles. The number of piperazine rings is 1.